The van der Waals surface area contributed by atoms with E-state index in [0.717, 1.165) is 61.8 Å². The number of rotatable bonds is 7. The highest BCUT2D eigenvalue weighted by molar-refractivity contribution is 6.05. The lowest BCUT2D eigenvalue weighted by Gasteiger charge is -2.20. The lowest BCUT2D eigenvalue weighted by Crippen LogP contribution is -2.44. The molecular weight excluding hydrogens is 586 g/mol. The first kappa shape index (κ1) is 30.3. The van der Waals surface area contributed by atoms with Crippen LogP contribution in [0.3, 0.4) is 0 Å². The number of methoxy groups -OCH3 is 1. The summed E-state index contributed by atoms with van der Waals surface area (Å²) in [5, 5.41) is 2.27. The number of pyridine rings is 1. The molecule has 16 heteroatoms. The molecule has 2 amide bonds. The fraction of sp³-hybridized carbons (Fsp3) is 0.269. The Bertz CT molecular complexity index is 1530. The van der Waals surface area contributed by atoms with Crippen LogP contribution >= 0.6 is 0 Å². The maximum atomic E-state index is 15.1. The quantitative estimate of drug-likeness (QED) is 0.400. The van der Waals surface area contributed by atoms with Gasteiger partial charge in [-0.3, -0.25) is 14.4 Å². The van der Waals surface area contributed by atoms with Crippen LogP contribution in [-0.2, 0) is 11.3 Å². The summed E-state index contributed by atoms with van der Waals surface area (Å²) in [6, 6.07) is 5.47. The van der Waals surface area contributed by atoms with Gasteiger partial charge in [-0.1, -0.05) is 0 Å². The van der Waals surface area contributed by atoms with Gasteiger partial charge in [0.05, 0.1) is 7.11 Å². The molecule has 2 atom stereocenters. The van der Waals surface area contributed by atoms with Gasteiger partial charge < -0.3 is 24.3 Å². The Morgan fingerprint density at radius 2 is 1.60 bits per heavy atom. The van der Waals surface area contributed by atoms with Crippen LogP contribution in [0.5, 0.6) is 11.5 Å². The van der Waals surface area contributed by atoms with Crippen LogP contribution < -0.4 is 25.2 Å². The van der Waals surface area contributed by atoms with Crippen LogP contribution in [-0.4, -0.2) is 48.6 Å². The number of ether oxygens (including phenoxy) is 2. The number of nitrogens with one attached hydrogen (secondary N) is 1. The molecule has 8 nitrogen and oxygen atoms in total. The van der Waals surface area contributed by atoms with Crippen LogP contribution in [0.25, 0.3) is 0 Å². The van der Waals surface area contributed by atoms with Gasteiger partial charge >= 0.3 is 12.5 Å². The number of alkyl halides is 6. The SMILES string of the molecule is COc1cc(F)c([C@@H]2CN(c3cccn(CC(F)(F)F)c3=O)C(=O)[C@H]2NC(=O)c2ccc(OC(F)(F)F)cc2)c(F)c1. The number of amides is 2. The fourth-order valence-corrected chi connectivity index (χ4v) is 4.48. The summed E-state index contributed by atoms with van der Waals surface area (Å²) in [4.78, 5) is 40.0. The van der Waals surface area contributed by atoms with Gasteiger partial charge in [0.1, 0.15) is 41.4 Å². The van der Waals surface area contributed by atoms with Crippen molar-refractivity contribution in [2.24, 2.45) is 0 Å². The van der Waals surface area contributed by atoms with Gasteiger partial charge in [-0.2, -0.15) is 13.2 Å². The van der Waals surface area contributed by atoms with E-state index in [4.69, 9.17) is 4.74 Å². The molecule has 42 heavy (non-hydrogen) atoms. The van der Waals surface area contributed by atoms with Crippen molar-refractivity contribution in [3.05, 3.63) is 87.8 Å². The van der Waals surface area contributed by atoms with Crippen LogP contribution in [0.2, 0.25) is 0 Å². The number of aromatic nitrogens is 1. The molecule has 0 unspecified atom stereocenters. The molecule has 2 aromatic carbocycles. The summed E-state index contributed by atoms with van der Waals surface area (Å²) < 4.78 is 115. The van der Waals surface area contributed by atoms with Gasteiger partial charge in [-0.05, 0) is 36.4 Å². The second-order valence-electron chi connectivity index (χ2n) is 9.03. The van der Waals surface area contributed by atoms with Crippen LogP contribution in [0.1, 0.15) is 21.8 Å². The van der Waals surface area contributed by atoms with E-state index >= 15 is 8.78 Å². The van der Waals surface area contributed by atoms with Crippen molar-refractivity contribution in [3.8, 4) is 11.5 Å². The van der Waals surface area contributed by atoms with E-state index in [9.17, 15) is 40.7 Å². The molecule has 1 N–H and O–H groups in total. The van der Waals surface area contributed by atoms with E-state index in [1.807, 2.05) is 0 Å². The zero-order valence-electron chi connectivity index (χ0n) is 21.2. The molecular formula is C26H19F8N3O5. The van der Waals surface area contributed by atoms with Crippen LogP contribution in [0, 0.1) is 11.6 Å². The van der Waals surface area contributed by atoms with Gasteiger partial charge in [0, 0.05) is 41.9 Å². The van der Waals surface area contributed by atoms with Crippen molar-refractivity contribution >= 4 is 17.5 Å². The van der Waals surface area contributed by atoms with Gasteiger partial charge in [0.15, 0.2) is 0 Å². The number of anilines is 1. The molecule has 4 rings (SSSR count). The molecule has 224 valence electrons. The number of nitrogens with zero attached hydrogens (tertiary/aromatic N) is 2. The van der Waals surface area contributed by atoms with E-state index in [2.05, 4.69) is 10.1 Å². The predicted molar refractivity (Wildman–Crippen MR) is 129 cm³/mol. The second kappa shape index (κ2) is 11.3. The minimum absolute atomic E-state index is 0.213. The highest BCUT2D eigenvalue weighted by atomic mass is 19.4. The molecule has 0 aliphatic carbocycles. The third-order valence-corrected chi connectivity index (χ3v) is 6.25. The number of hydrogen-bond acceptors (Lipinski definition) is 5. The Labute approximate surface area is 231 Å². The topological polar surface area (TPSA) is 89.9 Å². The second-order valence-corrected chi connectivity index (χ2v) is 9.03. The summed E-state index contributed by atoms with van der Waals surface area (Å²) in [5.74, 6) is -6.85. The molecule has 3 aromatic rings. The summed E-state index contributed by atoms with van der Waals surface area (Å²) in [6.07, 6.45) is -8.95. The van der Waals surface area contributed by atoms with E-state index in [-0.39, 0.29) is 11.3 Å². The molecule has 1 aromatic heterocycles. The summed E-state index contributed by atoms with van der Waals surface area (Å²) >= 11 is 0. The van der Waals surface area contributed by atoms with Crippen molar-refractivity contribution in [2.75, 3.05) is 18.6 Å². The Kier molecular flexibility index (Phi) is 8.18. The number of halogens is 8. The smallest absolute Gasteiger partial charge is 0.497 e. The lowest BCUT2D eigenvalue weighted by molar-refractivity contribution is -0.274. The maximum Gasteiger partial charge on any atom is 0.573 e. The van der Waals surface area contributed by atoms with Crippen molar-refractivity contribution in [1.82, 2.24) is 9.88 Å². The zero-order chi connectivity index (χ0) is 31.0. The zero-order valence-corrected chi connectivity index (χ0v) is 21.2. The Morgan fingerprint density at radius 1 is 0.976 bits per heavy atom. The fourth-order valence-electron chi connectivity index (χ4n) is 4.48. The third-order valence-electron chi connectivity index (χ3n) is 6.25. The third kappa shape index (κ3) is 6.63. The monoisotopic (exact) mass is 605 g/mol. The Morgan fingerprint density at radius 3 is 2.14 bits per heavy atom. The van der Waals surface area contributed by atoms with Crippen LogP contribution in [0.4, 0.5) is 40.8 Å². The summed E-state index contributed by atoms with van der Waals surface area (Å²) in [5.41, 5.74) is -2.73. The molecule has 0 bridgehead atoms. The van der Waals surface area contributed by atoms with Crippen molar-refractivity contribution in [1.29, 1.82) is 0 Å². The van der Waals surface area contributed by atoms with Gasteiger partial charge in [0.25, 0.3) is 11.5 Å². The predicted octanol–water partition coefficient (Wildman–Crippen LogP) is 4.53. The van der Waals surface area contributed by atoms with Crippen molar-refractivity contribution < 1.29 is 54.2 Å². The molecule has 0 radical (unpaired) electrons. The maximum absolute atomic E-state index is 15.1. The highest BCUT2D eigenvalue weighted by Gasteiger charge is 2.46. The minimum Gasteiger partial charge on any atom is -0.497 e. The molecule has 2 heterocycles. The molecule has 1 aliphatic heterocycles. The normalized spacial score (nSPS) is 17.4. The average molecular weight is 605 g/mol. The number of hydrogen-bond donors (Lipinski definition) is 1. The van der Waals surface area contributed by atoms with Gasteiger partial charge in [-0.15, -0.1) is 13.2 Å². The van der Waals surface area contributed by atoms with Gasteiger partial charge in [-0.25, -0.2) is 8.78 Å². The summed E-state index contributed by atoms with van der Waals surface area (Å²) in [7, 11) is 1.14. The first-order chi connectivity index (χ1) is 19.6. The lowest BCUT2D eigenvalue weighted by atomic mass is 9.92. The molecule has 1 saturated heterocycles. The molecule has 1 aliphatic rings. The standard InChI is InChI=1S/C26H19F8N3O5/c1-41-15-9-17(27)20(18(28)10-15)16-11-37(19-3-2-8-36(23(19)39)12-25(29,30)31)24(40)21(16)35-22(38)13-4-6-14(7-5-13)42-26(32,33)34/h2-10,16,21H,11-12H2,1H3,(H,35,38)/t16-,21-/m0/s1. The number of carbonyl (C=O) groups is 2. The van der Waals surface area contributed by atoms with E-state index in [1.165, 1.54) is 0 Å². The Balaban J connectivity index is 1.72. The molecule has 0 spiro atoms. The minimum atomic E-state index is -5.00. The number of carbonyl (C=O) groups excluding carboxylic acids is 2. The van der Waals surface area contributed by atoms with Gasteiger partial charge in [0.2, 0.25) is 5.91 Å². The van der Waals surface area contributed by atoms with Crippen molar-refractivity contribution in [3.63, 3.8) is 0 Å². The summed E-state index contributed by atoms with van der Waals surface area (Å²) in [6.45, 7) is -2.31. The van der Waals surface area contributed by atoms with E-state index in [0.29, 0.717) is 9.47 Å². The largest absolute Gasteiger partial charge is 0.573 e. The Hall–Kier alpha value is -4.63. The van der Waals surface area contributed by atoms with Crippen molar-refractivity contribution in [2.45, 2.75) is 31.0 Å². The van der Waals surface area contributed by atoms with E-state index in [1.54, 1.807) is 0 Å². The average Bonchev–Trinajstić information content (AvgIpc) is 3.18. The number of benzene rings is 2. The van der Waals surface area contributed by atoms with E-state index < -0.39 is 83.6 Å². The van der Waals surface area contributed by atoms with Crippen LogP contribution in [0.15, 0.2) is 59.5 Å². The highest BCUT2D eigenvalue weighted by Crippen LogP contribution is 2.36. The first-order valence-corrected chi connectivity index (χ1v) is 11.8. The first-order valence-electron chi connectivity index (χ1n) is 11.8. The molecule has 1 fully saturated rings. The molecule has 0 saturated carbocycles.